The average Bonchev–Trinajstić information content (AvgIpc) is 2.38. The van der Waals surface area contributed by atoms with Crippen LogP contribution in [-0.2, 0) is 10.9 Å². The normalized spacial score (nSPS) is 21.1. The zero-order chi connectivity index (χ0) is 13.2. The Labute approximate surface area is 107 Å². The fourth-order valence-electron chi connectivity index (χ4n) is 1.71. The van der Waals surface area contributed by atoms with Crippen molar-refractivity contribution in [1.29, 1.82) is 0 Å². The maximum atomic E-state index is 12.3. The maximum Gasteiger partial charge on any atom is 0.435 e. The summed E-state index contributed by atoms with van der Waals surface area (Å²) >= 11 is 5.78. The van der Waals surface area contributed by atoms with E-state index in [2.05, 4.69) is 10.2 Å². The molecule has 0 amide bonds. The third-order valence-corrected chi connectivity index (χ3v) is 3.00. The summed E-state index contributed by atoms with van der Waals surface area (Å²) < 4.78 is 42.3. The minimum absolute atomic E-state index is 0.0912. The van der Waals surface area contributed by atoms with Gasteiger partial charge < -0.3 is 9.64 Å². The van der Waals surface area contributed by atoms with Crippen LogP contribution in [0.4, 0.5) is 19.0 Å². The van der Waals surface area contributed by atoms with Crippen molar-refractivity contribution in [3.8, 4) is 0 Å². The summed E-state index contributed by atoms with van der Waals surface area (Å²) in [7, 11) is 0. The molecular weight excluding hydrogens is 271 g/mol. The van der Waals surface area contributed by atoms with E-state index in [0.29, 0.717) is 31.5 Å². The second kappa shape index (κ2) is 5.27. The lowest BCUT2D eigenvalue weighted by Gasteiger charge is -2.35. The van der Waals surface area contributed by atoms with Gasteiger partial charge in [-0.2, -0.15) is 13.2 Å². The van der Waals surface area contributed by atoms with Gasteiger partial charge in [-0.05, 0) is 12.1 Å². The molecule has 0 radical (unpaired) electrons. The molecule has 1 aliphatic heterocycles. The largest absolute Gasteiger partial charge is 0.435 e. The van der Waals surface area contributed by atoms with E-state index in [-0.39, 0.29) is 6.04 Å². The summed E-state index contributed by atoms with van der Waals surface area (Å²) in [6.07, 6.45) is -4.47. The fourth-order valence-corrected chi connectivity index (χ4v) is 1.97. The van der Waals surface area contributed by atoms with Crippen LogP contribution in [0.2, 0.25) is 0 Å². The second-order valence-corrected chi connectivity index (χ2v) is 4.16. The van der Waals surface area contributed by atoms with E-state index in [1.807, 2.05) is 4.90 Å². The standard InChI is InChI=1S/C10H11ClF3N3O/c11-5-7-6-18-4-3-17(7)9-2-1-8(15-16-9)10(12,13)14/h1-2,7H,3-6H2. The van der Waals surface area contributed by atoms with Gasteiger partial charge in [0.15, 0.2) is 11.5 Å². The van der Waals surface area contributed by atoms with Gasteiger partial charge in [0.2, 0.25) is 0 Å². The Bertz CT molecular complexity index is 398. The molecule has 1 aromatic heterocycles. The summed E-state index contributed by atoms with van der Waals surface area (Å²) in [6, 6.07) is 2.13. The number of nitrogens with zero attached hydrogens (tertiary/aromatic N) is 3. The zero-order valence-corrected chi connectivity index (χ0v) is 10.1. The third-order valence-electron chi connectivity index (χ3n) is 2.64. The summed E-state index contributed by atoms with van der Waals surface area (Å²) in [5, 5.41) is 6.80. The molecular formula is C10H11ClF3N3O. The van der Waals surface area contributed by atoms with Crippen molar-refractivity contribution in [2.75, 3.05) is 30.5 Å². The van der Waals surface area contributed by atoms with Crippen LogP contribution in [-0.4, -0.2) is 41.9 Å². The number of halogens is 4. The molecule has 1 aliphatic rings. The van der Waals surface area contributed by atoms with Gasteiger partial charge >= 0.3 is 6.18 Å². The quantitative estimate of drug-likeness (QED) is 0.777. The monoisotopic (exact) mass is 281 g/mol. The molecule has 0 saturated carbocycles. The predicted octanol–water partition coefficient (Wildman–Crippen LogP) is 1.94. The summed E-state index contributed by atoms with van der Waals surface area (Å²) in [5.41, 5.74) is -0.998. The number of aromatic nitrogens is 2. The van der Waals surface area contributed by atoms with E-state index < -0.39 is 11.9 Å². The lowest BCUT2D eigenvalue weighted by Crippen LogP contribution is -2.47. The Balaban J connectivity index is 2.18. The van der Waals surface area contributed by atoms with Crippen LogP contribution < -0.4 is 4.90 Å². The molecule has 0 bridgehead atoms. The van der Waals surface area contributed by atoms with Gasteiger partial charge in [0.25, 0.3) is 0 Å². The number of hydrogen-bond acceptors (Lipinski definition) is 4. The van der Waals surface area contributed by atoms with Gasteiger partial charge in [-0.3, -0.25) is 0 Å². The van der Waals surface area contributed by atoms with Crippen molar-refractivity contribution >= 4 is 17.4 Å². The number of anilines is 1. The molecule has 8 heteroatoms. The molecule has 2 heterocycles. The van der Waals surface area contributed by atoms with Crippen LogP contribution in [0.1, 0.15) is 5.69 Å². The lowest BCUT2D eigenvalue weighted by molar-refractivity contribution is -0.141. The molecule has 100 valence electrons. The highest BCUT2D eigenvalue weighted by Crippen LogP contribution is 2.28. The summed E-state index contributed by atoms with van der Waals surface area (Å²) in [5.74, 6) is 0.708. The van der Waals surface area contributed by atoms with E-state index in [4.69, 9.17) is 16.3 Å². The highest BCUT2D eigenvalue weighted by atomic mass is 35.5. The topological polar surface area (TPSA) is 38.2 Å². The van der Waals surface area contributed by atoms with Crippen molar-refractivity contribution in [2.24, 2.45) is 0 Å². The molecule has 0 aliphatic carbocycles. The SMILES string of the molecule is FC(F)(F)c1ccc(N2CCOCC2CCl)nn1. The van der Waals surface area contributed by atoms with Gasteiger partial charge in [0, 0.05) is 12.4 Å². The third kappa shape index (κ3) is 2.84. The first kappa shape index (κ1) is 13.4. The van der Waals surface area contributed by atoms with Crippen molar-refractivity contribution in [2.45, 2.75) is 12.2 Å². The molecule has 18 heavy (non-hydrogen) atoms. The molecule has 1 aromatic rings. The van der Waals surface area contributed by atoms with Gasteiger partial charge in [-0.25, -0.2) is 0 Å². The minimum atomic E-state index is -4.47. The molecule has 1 unspecified atom stereocenters. The Kier molecular flexibility index (Phi) is 3.91. The van der Waals surface area contributed by atoms with Gasteiger partial charge in [0.1, 0.15) is 0 Å². The average molecular weight is 282 g/mol. The molecule has 1 saturated heterocycles. The first-order valence-corrected chi connectivity index (χ1v) is 5.87. The highest BCUT2D eigenvalue weighted by Gasteiger charge is 2.33. The number of hydrogen-bond donors (Lipinski definition) is 0. The second-order valence-electron chi connectivity index (χ2n) is 3.85. The summed E-state index contributed by atoms with van der Waals surface area (Å²) in [6.45, 7) is 1.47. The van der Waals surface area contributed by atoms with E-state index in [0.717, 1.165) is 6.07 Å². The Hall–Kier alpha value is -1.08. The van der Waals surface area contributed by atoms with Crippen LogP contribution in [0.5, 0.6) is 0 Å². The van der Waals surface area contributed by atoms with Gasteiger partial charge in [-0.1, -0.05) is 0 Å². The molecule has 2 rings (SSSR count). The molecule has 0 spiro atoms. The van der Waals surface area contributed by atoms with Gasteiger partial charge in [-0.15, -0.1) is 21.8 Å². The Morgan fingerprint density at radius 3 is 2.72 bits per heavy atom. The molecule has 1 fully saturated rings. The zero-order valence-electron chi connectivity index (χ0n) is 9.32. The first-order chi connectivity index (χ1) is 8.52. The van der Waals surface area contributed by atoms with Crippen LogP contribution >= 0.6 is 11.6 Å². The summed E-state index contributed by atoms with van der Waals surface area (Å²) in [4.78, 5) is 1.81. The molecule has 0 N–H and O–H groups in total. The molecule has 1 atom stereocenters. The van der Waals surface area contributed by atoms with Crippen molar-refractivity contribution < 1.29 is 17.9 Å². The van der Waals surface area contributed by atoms with E-state index in [9.17, 15) is 13.2 Å². The molecule has 0 aromatic carbocycles. The Morgan fingerprint density at radius 1 is 1.39 bits per heavy atom. The minimum Gasteiger partial charge on any atom is -0.377 e. The van der Waals surface area contributed by atoms with Crippen LogP contribution in [0.25, 0.3) is 0 Å². The predicted molar refractivity (Wildman–Crippen MR) is 59.7 cm³/mol. The van der Waals surface area contributed by atoms with E-state index in [1.54, 1.807) is 0 Å². The van der Waals surface area contributed by atoms with Crippen LogP contribution in [0, 0.1) is 0 Å². The smallest absolute Gasteiger partial charge is 0.377 e. The number of alkyl halides is 4. The van der Waals surface area contributed by atoms with E-state index >= 15 is 0 Å². The number of morpholine rings is 1. The number of ether oxygens (including phenoxy) is 1. The van der Waals surface area contributed by atoms with Crippen LogP contribution in [0.3, 0.4) is 0 Å². The van der Waals surface area contributed by atoms with Crippen molar-refractivity contribution in [1.82, 2.24) is 10.2 Å². The Morgan fingerprint density at radius 2 is 2.17 bits per heavy atom. The first-order valence-electron chi connectivity index (χ1n) is 5.33. The van der Waals surface area contributed by atoms with Crippen LogP contribution in [0.15, 0.2) is 12.1 Å². The maximum absolute atomic E-state index is 12.3. The number of rotatable bonds is 2. The highest BCUT2D eigenvalue weighted by molar-refractivity contribution is 6.18. The van der Waals surface area contributed by atoms with Crippen molar-refractivity contribution in [3.63, 3.8) is 0 Å². The lowest BCUT2D eigenvalue weighted by atomic mass is 10.2. The van der Waals surface area contributed by atoms with E-state index in [1.165, 1.54) is 6.07 Å². The van der Waals surface area contributed by atoms with Gasteiger partial charge in [0.05, 0.1) is 19.3 Å². The van der Waals surface area contributed by atoms with Crippen molar-refractivity contribution in [3.05, 3.63) is 17.8 Å². The molecule has 4 nitrogen and oxygen atoms in total. The fraction of sp³-hybridized carbons (Fsp3) is 0.600.